The molecule has 0 saturated heterocycles. The molecule has 4 nitrogen and oxygen atoms in total. The van der Waals surface area contributed by atoms with Gasteiger partial charge in [-0.05, 0) is 55.4 Å². The van der Waals surface area contributed by atoms with Gasteiger partial charge in [-0.15, -0.1) is 0 Å². The first kappa shape index (κ1) is 16.0. The zero-order valence-electron chi connectivity index (χ0n) is 12.6. The molecule has 2 aromatic rings. The van der Waals surface area contributed by atoms with E-state index < -0.39 is 0 Å². The van der Waals surface area contributed by atoms with Crippen molar-refractivity contribution in [3.05, 3.63) is 59.7 Å². The monoisotopic (exact) mass is 314 g/mol. The molecule has 0 atom stereocenters. The van der Waals surface area contributed by atoms with E-state index in [1.807, 2.05) is 62.4 Å². The van der Waals surface area contributed by atoms with Gasteiger partial charge in [0.2, 0.25) is 0 Å². The van der Waals surface area contributed by atoms with Gasteiger partial charge in [0.25, 0.3) is 5.91 Å². The molecular formula is C17H18N2O2S. The van der Waals surface area contributed by atoms with Gasteiger partial charge in [-0.2, -0.15) is 0 Å². The third kappa shape index (κ3) is 4.86. The number of ether oxygens (including phenoxy) is 1. The predicted octanol–water partition coefficient (Wildman–Crippen LogP) is 3.20. The Morgan fingerprint density at radius 3 is 2.59 bits per heavy atom. The van der Waals surface area contributed by atoms with E-state index in [0.717, 1.165) is 16.8 Å². The zero-order valence-corrected chi connectivity index (χ0v) is 13.4. The molecule has 0 spiro atoms. The van der Waals surface area contributed by atoms with Crippen molar-refractivity contribution >= 4 is 28.9 Å². The standard InChI is InChI=1S/C17H18N2O2S/c1-12-8-9-13(2)15(10-12)21-11-16(20)19-17(22)18-14-6-4-3-5-7-14/h3-10H,11H2,1-2H3,(H2,18,19,20,22). The van der Waals surface area contributed by atoms with Gasteiger partial charge >= 0.3 is 0 Å². The number of hydrogen-bond acceptors (Lipinski definition) is 3. The summed E-state index contributed by atoms with van der Waals surface area (Å²) in [6.07, 6.45) is 0. The van der Waals surface area contributed by atoms with E-state index in [1.54, 1.807) is 0 Å². The van der Waals surface area contributed by atoms with Crippen LogP contribution in [0.3, 0.4) is 0 Å². The third-order valence-corrected chi connectivity index (χ3v) is 3.19. The van der Waals surface area contributed by atoms with Gasteiger partial charge < -0.3 is 10.1 Å². The zero-order chi connectivity index (χ0) is 15.9. The number of anilines is 1. The highest BCUT2D eigenvalue weighted by Gasteiger charge is 2.07. The molecule has 114 valence electrons. The molecule has 0 bridgehead atoms. The predicted molar refractivity (Wildman–Crippen MR) is 92.2 cm³/mol. The van der Waals surface area contributed by atoms with Crippen LogP contribution in [0, 0.1) is 13.8 Å². The van der Waals surface area contributed by atoms with Crippen LogP contribution in [0.15, 0.2) is 48.5 Å². The van der Waals surface area contributed by atoms with Crippen molar-refractivity contribution in [3.63, 3.8) is 0 Å². The number of para-hydroxylation sites is 1. The second-order valence-corrected chi connectivity index (χ2v) is 5.33. The smallest absolute Gasteiger partial charge is 0.264 e. The molecule has 0 heterocycles. The summed E-state index contributed by atoms with van der Waals surface area (Å²) in [5.74, 6) is 0.409. The van der Waals surface area contributed by atoms with Gasteiger partial charge in [0, 0.05) is 5.69 Å². The minimum atomic E-state index is -0.297. The first-order valence-corrected chi connectivity index (χ1v) is 7.31. The molecule has 2 rings (SSSR count). The molecule has 0 fully saturated rings. The Hall–Kier alpha value is -2.40. The fourth-order valence-corrected chi connectivity index (χ4v) is 2.08. The second-order valence-electron chi connectivity index (χ2n) is 4.93. The Bertz CT molecular complexity index is 672. The topological polar surface area (TPSA) is 50.4 Å². The first-order valence-electron chi connectivity index (χ1n) is 6.90. The van der Waals surface area contributed by atoms with Crippen LogP contribution in [0.4, 0.5) is 5.69 Å². The summed E-state index contributed by atoms with van der Waals surface area (Å²) >= 11 is 5.09. The molecule has 22 heavy (non-hydrogen) atoms. The van der Waals surface area contributed by atoms with Crippen LogP contribution < -0.4 is 15.4 Å². The minimum Gasteiger partial charge on any atom is -0.483 e. The van der Waals surface area contributed by atoms with Crippen LogP contribution >= 0.6 is 12.2 Å². The van der Waals surface area contributed by atoms with Crippen LogP contribution in [0.2, 0.25) is 0 Å². The van der Waals surface area contributed by atoms with Gasteiger partial charge in [-0.1, -0.05) is 30.3 Å². The maximum Gasteiger partial charge on any atom is 0.264 e. The molecule has 1 amide bonds. The van der Waals surface area contributed by atoms with Crippen molar-refractivity contribution in [1.82, 2.24) is 5.32 Å². The van der Waals surface area contributed by atoms with Crippen molar-refractivity contribution in [2.45, 2.75) is 13.8 Å². The summed E-state index contributed by atoms with van der Waals surface area (Å²) in [6, 6.07) is 15.3. The molecule has 5 heteroatoms. The van der Waals surface area contributed by atoms with Crippen LogP contribution in [-0.4, -0.2) is 17.6 Å². The van der Waals surface area contributed by atoms with Crippen molar-refractivity contribution in [2.24, 2.45) is 0 Å². The number of aryl methyl sites for hydroxylation is 2. The summed E-state index contributed by atoms with van der Waals surface area (Å²) in [5.41, 5.74) is 2.90. The van der Waals surface area contributed by atoms with Gasteiger partial charge in [0.15, 0.2) is 11.7 Å². The number of benzene rings is 2. The number of hydrogen-bond donors (Lipinski definition) is 2. The molecule has 2 aromatic carbocycles. The molecule has 0 aliphatic rings. The average molecular weight is 314 g/mol. The highest BCUT2D eigenvalue weighted by molar-refractivity contribution is 7.80. The Balaban J connectivity index is 1.83. The molecule has 0 aliphatic carbocycles. The second kappa shape index (κ2) is 7.56. The summed E-state index contributed by atoms with van der Waals surface area (Å²) in [5, 5.41) is 5.78. The van der Waals surface area contributed by atoms with E-state index >= 15 is 0 Å². The highest BCUT2D eigenvalue weighted by Crippen LogP contribution is 2.18. The largest absolute Gasteiger partial charge is 0.483 e. The summed E-state index contributed by atoms with van der Waals surface area (Å²) in [6.45, 7) is 3.83. The number of carbonyl (C=O) groups is 1. The van der Waals surface area contributed by atoms with E-state index in [-0.39, 0.29) is 17.6 Å². The molecule has 0 aliphatic heterocycles. The van der Waals surface area contributed by atoms with Gasteiger partial charge in [0.1, 0.15) is 5.75 Å². The molecule has 0 aromatic heterocycles. The maximum absolute atomic E-state index is 11.8. The van der Waals surface area contributed by atoms with E-state index in [1.165, 1.54) is 0 Å². The van der Waals surface area contributed by atoms with Crippen LogP contribution in [0.25, 0.3) is 0 Å². The van der Waals surface area contributed by atoms with E-state index in [0.29, 0.717) is 5.75 Å². The van der Waals surface area contributed by atoms with Crippen LogP contribution in [0.5, 0.6) is 5.75 Å². The summed E-state index contributed by atoms with van der Waals surface area (Å²) < 4.78 is 5.53. The highest BCUT2D eigenvalue weighted by atomic mass is 32.1. The SMILES string of the molecule is Cc1ccc(C)c(OCC(=O)NC(=S)Nc2ccccc2)c1. The van der Waals surface area contributed by atoms with Crippen molar-refractivity contribution in [2.75, 3.05) is 11.9 Å². The molecule has 0 unspecified atom stereocenters. The number of thiocarbonyl (C=S) groups is 1. The first-order chi connectivity index (χ1) is 10.5. The molecule has 0 saturated carbocycles. The molecular weight excluding hydrogens is 296 g/mol. The fraction of sp³-hybridized carbons (Fsp3) is 0.176. The summed E-state index contributed by atoms with van der Waals surface area (Å²) in [7, 11) is 0. The Morgan fingerprint density at radius 2 is 1.86 bits per heavy atom. The fourth-order valence-electron chi connectivity index (χ4n) is 1.85. The lowest BCUT2D eigenvalue weighted by Gasteiger charge is -2.11. The average Bonchev–Trinajstić information content (AvgIpc) is 2.49. The lowest BCUT2D eigenvalue weighted by molar-refractivity contribution is -0.121. The van der Waals surface area contributed by atoms with E-state index in [9.17, 15) is 4.79 Å². The maximum atomic E-state index is 11.8. The minimum absolute atomic E-state index is 0.0824. The molecule has 0 radical (unpaired) electrons. The quantitative estimate of drug-likeness (QED) is 0.851. The van der Waals surface area contributed by atoms with E-state index in [2.05, 4.69) is 10.6 Å². The lowest BCUT2D eigenvalue weighted by Crippen LogP contribution is -2.37. The number of nitrogens with one attached hydrogen (secondary N) is 2. The van der Waals surface area contributed by atoms with Crippen molar-refractivity contribution in [3.8, 4) is 5.75 Å². The number of carbonyl (C=O) groups excluding carboxylic acids is 1. The van der Waals surface area contributed by atoms with Gasteiger partial charge in [-0.25, -0.2) is 0 Å². The van der Waals surface area contributed by atoms with Gasteiger partial charge in [-0.3, -0.25) is 10.1 Å². The number of rotatable bonds is 4. The Morgan fingerprint density at radius 1 is 1.14 bits per heavy atom. The van der Waals surface area contributed by atoms with Crippen molar-refractivity contribution in [1.29, 1.82) is 0 Å². The van der Waals surface area contributed by atoms with E-state index in [4.69, 9.17) is 17.0 Å². The Kier molecular flexibility index (Phi) is 5.49. The third-order valence-electron chi connectivity index (χ3n) is 2.99. The van der Waals surface area contributed by atoms with Crippen molar-refractivity contribution < 1.29 is 9.53 Å². The Labute approximate surface area is 135 Å². The van der Waals surface area contributed by atoms with Gasteiger partial charge in [0.05, 0.1) is 0 Å². The number of amides is 1. The normalized spacial score (nSPS) is 9.91. The van der Waals surface area contributed by atoms with Crippen LogP contribution in [0.1, 0.15) is 11.1 Å². The summed E-state index contributed by atoms with van der Waals surface area (Å²) in [4.78, 5) is 11.8. The van der Waals surface area contributed by atoms with Crippen LogP contribution in [-0.2, 0) is 4.79 Å². The molecule has 2 N–H and O–H groups in total. The lowest BCUT2D eigenvalue weighted by atomic mass is 10.1.